The summed E-state index contributed by atoms with van der Waals surface area (Å²) in [6.45, 7) is 2.77. The standard InChI is InChI=1S/C15H24N2O4/c1-15(14(21)16-2)7-8-17(9-15)12(18)10-5-3-4-6-11(10)13(19)20/h10-11H,3-9H2,1-2H3,(H,16,21)(H,19,20)/t10-,11+,15?/m1/s1. The molecule has 0 aromatic rings. The van der Waals surface area contributed by atoms with Gasteiger partial charge in [0.2, 0.25) is 11.8 Å². The maximum Gasteiger partial charge on any atom is 0.307 e. The molecule has 2 fully saturated rings. The van der Waals surface area contributed by atoms with Crippen LogP contribution in [0.25, 0.3) is 0 Å². The van der Waals surface area contributed by atoms with E-state index in [0.717, 1.165) is 12.8 Å². The second-order valence-corrected chi connectivity index (χ2v) is 6.49. The topological polar surface area (TPSA) is 86.7 Å². The molecule has 21 heavy (non-hydrogen) atoms. The van der Waals surface area contributed by atoms with E-state index in [1.54, 1.807) is 11.9 Å². The summed E-state index contributed by atoms with van der Waals surface area (Å²) in [5.74, 6) is -2.02. The van der Waals surface area contributed by atoms with Crippen molar-refractivity contribution in [1.29, 1.82) is 0 Å². The number of hydrogen-bond acceptors (Lipinski definition) is 3. The molecule has 0 bridgehead atoms. The van der Waals surface area contributed by atoms with E-state index in [-0.39, 0.29) is 11.8 Å². The molecule has 2 N–H and O–H groups in total. The summed E-state index contributed by atoms with van der Waals surface area (Å²) in [5, 5.41) is 11.9. The summed E-state index contributed by atoms with van der Waals surface area (Å²) < 4.78 is 0. The number of carbonyl (C=O) groups excluding carboxylic acids is 2. The van der Waals surface area contributed by atoms with Crippen LogP contribution in [-0.2, 0) is 14.4 Å². The van der Waals surface area contributed by atoms with Gasteiger partial charge < -0.3 is 15.3 Å². The summed E-state index contributed by atoms with van der Waals surface area (Å²) in [7, 11) is 1.60. The van der Waals surface area contributed by atoms with E-state index < -0.39 is 23.2 Å². The van der Waals surface area contributed by atoms with Crippen LogP contribution >= 0.6 is 0 Å². The number of rotatable bonds is 3. The lowest BCUT2D eigenvalue weighted by Crippen LogP contribution is -2.44. The number of nitrogens with one attached hydrogen (secondary N) is 1. The van der Waals surface area contributed by atoms with Gasteiger partial charge in [-0.15, -0.1) is 0 Å². The summed E-state index contributed by atoms with van der Waals surface area (Å²) in [6, 6.07) is 0. The SMILES string of the molecule is CNC(=O)C1(C)CCN(C(=O)[C@@H]2CCCC[C@@H]2C(=O)O)C1. The van der Waals surface area contributed by atoms with Crippen LogP contribution in [-0.4, -0.2) is 47.9 Å². The fraction of sp³-hybridized carbons (Fsp3) is 0.800. The van der Waals surface area contributed by atoms with Crippen LogP contribution in [0.1, 0.15) is 39.0 Å². The van der Waals surface area contributed by atoms with Gasteiger partial charge in [-0.05, 0) is 26.2 Å². The Bertz CT molecular complexity index is 451. The monoisotopic (exact) mass is 296 g/mol. The van der Waals surface area contributed by atoms with E-state index in [9.17, 15) is 19.5 Å². The normalized spacial score (nSPS) is 32.8. The zero-order valence-electron chi connectivity index (χ0n) is 12.7. The van der Waals surface area contributed by atoms with Crippen molar-refractivity contribution < 1.29 is 19.5 Å². The highest BCUT2D eigenvalue weighted by Crippen LogP contribution is 2.36. The lowest BCUT2D eigenvalue weighted by atomic mass is 9.78. The molecule has 1 saturated heterocycles. The van der Waals surface area contributed by atoms with Gasteiger partial charge in [0, 0.05) is 20.1 Å². The second-order valence-electron chi connectivity index (χ2n) is 6.49. The minimum atomic E-state index is -0.874. The molecule has 118 valence electrons. The third-order valence-electron chi connectivity index (χ3n) is 4.96. The molecule has 2 rings (SSSR count). The molecule has 0 spiro atoms. The Morgan fingerprint density at radius 1 is 1.19 bits per heavy atom. The van der Waals surface area contributed by atoms with Gasteiger partial charge in [0.15, 0.2) is 0 Å². The summed E-state index contributed by atoms with van der Waals surface area (Å²) in [5.41, 5.74) is -0.558. The molecular weight excluding hydrogens is 272 g/mol. The van der Waals surface area contributed by atoms with E-state index in [1.165, 1.54) is 0 Å². The fourth-order valence-electron chi connectivity index (χ4n) is 3.59. The highest BCUT2D eigenvalue weighted by Gasteiger charge is 2.45. The van der Waals surface area contributed by atoms with Crippen LogP contribution in [0.5, 0.6) is 0 Å². The van der Waals surface area contributed by atoms with Crippen molar-refractivity contribution in [2.75, 3.05) is 20.1 Å². The molecule has 6 nitrogen and oxygen atoms in total. The van der Waals surface area contributed by atoms with Gasteiger partial charge in [-0.2, -0.15) is 0 Å². The summed E-state index contributed by atoms with van der Waals surface area (Å²) in [4.78, 5) is 37.6. The largest absolute Gasteiger partial charge is 0.481 e. The van der Waals surface area contributed by atoms with Gasteiger partial charge in [-0.3, -0.25) is 14.4 Å². The lowest BCUT2D eigenvalue weighted by Gasteiger charge is -2.31. The van der Waals surface area contributed by atoms with Crippen LogP contribution in [0.15, 0.2) is 0 Å². The molecular formula is C15H24N2O4. The number of amides is 2. The van der Waals surface area contributed by atoms with E-state index >= 15 is 0 Å². The predicted molar refractivity (Wildman–Crippen MR) is 76.5 cm³/mol. The Labute approximate surface area is 124 Å². The number of aliphatic carboxylic acids is 1. The van der Waals surface area contributed by atoms with Crippen molar-refractivity contribution in [3.05, 3.63) is 0 Å². The van der Waals surface area contributed by atoms with Crippen molar-refractivity contribution in [3.8, 4) is 0 Å². The molecule has 1 saturated carbocycles. The first kappa shape index (κ1) is 15.8. The van der Waals surface area contributed by atoms with Crippen LogP contribution < -0.4 is 5.32 Å². The molecule has 1 aliphatic carbocycles. The Morgan fingerprint density at radius 2 is 1.81 bits per heavy atom. The smallest absolute Gasteiger partial charge is 0.307 e. The number of carbonyl (C=O) groups is 3. The van der Waals surface area contributed by atoms with Crippen molar-refractivity contribution in [1.82, 2.24) is 10.2 Å². The molecule has 0 radical (unpaired) electrons. The first-order chi connectivity index (χ1) is 9.89. The van der Waals surface area contributed by atoms with Gasteiger partial charge in [-0.1, -0.05) is 12.8 Å². The Hall–Kier alpha value is -1.59. The molecule has 1 unspecified atom stereocenters. The maximum atomic E-state index is 12.6. The zero-order valence-corrected chi connectivity index (χ0v) is 12.7. The van der Waals surface area contributed by atoms with E-state index in [1.807, 2.05) is 6.92 Å². The third kappa shape index (κ3) is 3.04. The van der Waals surface area contributed by atoms with Crippen molar-refractivity contribution >= 4 is 17.8 Å². The maximum absolute atomic E-state index is 12.6. The minimum Gasteiger partial charge on any atom is -0.481 e. The van der Waals surface area contributed by atoms with E-state index in [4.69, 9.17) is 0 Å². The Kier molecular flexibility index (Phi) is 4.54. The van der Waals surface area contributed by atoms with Crippen molar-refractivity contribution in [3.63, 3.8) is 0 Å². The van der Waals surface area contributed by atoms with Gasteiger partial charge in [0.05, 0.1) is 17.3 Å². The number of likely N-dealkylation sites (tertiary alicyclic amines) is 1. The number of carboxylic acids is 1. The molecule has 0 aromatic heterocycles. The molecule has 6 heteroatoms. The van der Waals surface area contributed by atoms with Crippen molar-refractivity contribution in [2.24, 2.45) is 17.3 Å². The summed E-state index contributed by atoms with van der Waals surface area (Å²) >= 11 is 0. The van der Waals surface area contributed by atoms with E-state index in [0.29, 0.717) is 32.4 Å². The zero-order chi connectivity index (χ0) is 15.6. The van der Waals surface area contributed by atoms with Gasteiger partial charge >= 0.3 is 5.97 Å². The Morgan fingerprint density at radius 3 is 2.38 bits per heavy atom. The molecule has 0 aromatic carbocycles. The second kappa shape index (κ2) is 6.03. The predicted octanol–water partition coefficient (Wildman–Crippen LogP) is 0.862. The van der Waals surface area contributed by atoms with Crippen LogP contribution in [0.4, 0.5) is 0 Å². The summed E-state index contributed by atoms with van der Waals surface area (Å²) in [6.07, 6.45) is 3.62. The van der Waals surface area contributed by atoms with Gasteiger partial charge in [0.1, 0.15) is 0 Å². The lowest BCUT2D eigenvalue weighted by molar-refractivity contribution is -0.152. The van der Waals surface area contributed by atoms with Gasteiger partial charge in [0.25, 0.3) is 0 Å². The average molecular weight is 296 g/mol. The van der Waals surface area contributed by atoms with Crippen LogP contribution in [0.2, 0.25) is 0 Å². The molecule has 1 aliphatic heterocycles. The minimum absolute atomic E-state index is 0.0590. The molecule has 1 heterocycles. The van der Waals surface area contributed by atoms with Gasteiger partial charge in [-0.25, -0.2) is 0 Å². The highest BCUT2D eigenvalue weighted by molar-refractivity contribution is 5.87. The first-order valence-electron chi connectivity index (χ1n) is 7.63. The third-order valence-corrected chi connectivity index (χ3v) is 4.96. The van der Waals surface area contributed by atoms with Crippen molar-refractivity contribution in [2.45, 2.75) is 39.0 Å². The number of nitrogens with zero attached hydrogens (tertiary/aromatic N) is 1. The Balaban J connectivity index is 2.07. The van der Waals surface area contributed by atoms with E-state index in [2.05, 4.69) is 5.32 Å². The van der Waals surface area contributed by atoms with Crippen LogP contribution in [0, 0.1) is 17.3 Å². The van der Waals surface area contributed by atoms with Crippen LogP contribution in [0.3, 0.4) is 0 Å². The number of carboxylic acid groups (broad SMARTS) is 1. The highest BCUT2D eigenvalue weighted by atomic mass is 16.4. The average Bonchev–Trinajstić information content (AvgIpc) is 2.89. The first-order valence-corrected chi connectivity index (χ1v) is 7.63. The quantitative estimate of drug-likeness (QED) is 0.809. The number of hydrogen-bond donors (Lipinski definition) is 2. The molecule has 2 aliphatic rings. The molecule has 2 amide bonds. The fourth-order valence-corrected chi connectivity index (χ4v) is 3.59. The molecule has 3 atom stereocenters.